The molecule has 20 heavy (non-hydrogen) atoms. The van der Waals surface area contributed by atoms with Crippen LogP contribution in [0.25, 0.3) is 0 Å². The predicted molar refractivity (Wildman–Crippen MR) is 85.3 cm³/mol. The number of rotatable bonds is 4. The third kappa shape index (κ3) is 3.43. The van der Waals surface area contributed by atoms with Gasteiger partial charge in [-0.25, -0.2) is 8.42 Å². The maximum atomic E-state index is 12.7. The van der Waals surface area contributed by atoms with E-state index in [9.17, 15) is 8.42 Å². The molecule has 0 atom stereocenters. The molecule has 0 aliphatic carbocycles. The van der Waals surface area contributed by atoms with Crippen molar-refractivity contribution in [3.05, 3.63) is 28.2 Å². The molecule has 1 aromatic rings. The van der Waals surface area contributed by atoms with Gasteiger partial charge in [-0.15, -0.1) is 0 Å². The van der Waals surface area contributed by atoms with Gasteiger partial charge >= 0.3 is 0 Å². The minimum Gasteiger partial charge on any atom is -0.207 e. The average Bonchev–Trinajstić information content (AvgIpc) is 2.39. The van der Waals surface area contributed by atoms with Crippen LogP contribution in [0.3, 0.4) is 0 Å². The second kappa shape index (κ2) is 6.58. The fourth-order valence-corrected chi connectivity index (χ4v) is 5.42. The maximum absolute atomic E-state index is 12.7. The molecule has 2 rings (SSSR count). The lowest BCUT2D eigenvalue weighted by Gasteiger charge is -2.31. The van der Waals surface area contributed by atoms with Crippen LogP contribution in [-0.2, 0) is 10.0 Å². The summed E-state index contributed by atoms with van der Waals surface area (Å²) in [5.41, 5.74) is 1.05. The number of sulfonamides is 1. The van der Waals surface area contributed by atoms with Crippen molar-refractivity contribution in [3.8, 4) is 0 Å². The van der Waals surface area contributed by atoms with Gasteiger partial charge in [0.2, 0.25) is 10.0 Å². The Morgan fingerprint density at radius 1 is 1.30 bits per heavy atom. The minimum atomic E-state index is -3.36. The second-order valence-electron chi connectivity index (χ2n) is 5.57. The van der Waals surface area contributed by atoms with E-state index in [0.29, 0.717) is 28.4 Å². The monoisotopic (exact) mass is 359 g/mol. The molecule has 0 saturated carbocycles. The minimum absolute atomic E-state index is 0.386. The van der Waals surface area contributed by atoms with Crippen LogP contribution in [0.2, 0.25) is 0 Å². The average molecular weight is 360 g/mol. The highest BCUT2D eigenvalue weighted by Gasteiger charge is 2.30. The molecule has 0 radical (unpaired) electrons. The van der Waals surface area contributed by atoms with E-state index in [4.69, 9.17) is 0 Å². The number of hydrogen-bond acceptors (Lipinski definition) is 2. The van der Waals surface area contributed by atoms with E-state index in [0.717, 1.165) is 18.4 Å². The van der Waals surface area contributed by atoms with Gasteiger partial charge in [-0.05, 0) is 59.3 Å². The molecule has 3 nitrogen and oxygen atoms in total. The van der Waals surface area contributed by atoms with Gasteiger partial charge in [0.25, 0.3) is 0 Å². The molecular formula is C15H22BrNO2S. The molecule has 0 aromatic heterocycles. The van der Waals surface area contributed by atoms with Crippen LogP contribution in [0, 0.1) is 12.8 Å². The summed E-state index contributed by atoms with van der Waals surface area (Å²) in [7, 11) is -3.36. The molecule has 1 fully saturated rings. The Labute approximate surface area is 130 Å². The van der Waals surface area contributed by atoms with E-state index in [-0.39, 0.29) is 0 Å². The van der Waals surface area contributed by atoms with Crippen LogP contribution >= 0.6 is 15.9 Å². The Morgan fingerprint density at radius 2 is 1.95 bits per heavy atom. The van der Waals surface area contributed by atoms with E-state index in [1.807, 2.05) is 19.1 Å². The SMILES string of the molecule is CCCC1CCN(S(=O)(=O)c2ccc(C)cc2Br)CC1. The molecule has 1 aromatic carbocycles. The van der Waals surface area contributed by atoms with Gasteiger partial charge in [-0.1, -0.05) is 25.8 Å². The van der Waals surface area contributed by atoms with Crippen LogP contribution in [0.15, 0.2) is 27.6 Å². The van der Waals surface area contributed by atoms with Crippen LogP contribution in [0.4, 0.5) is 0 Å². The van der Waals surface area contributed by atoms with Gasteiger partial charge in [-0.3, -0.25) is 0 Å². The Balaban J connectivity index is 2.15. The smallest absolute Gasteiger partial charge is 0.207 e. The van der Waals surface area contributed by atoms with E-state index < -0.39 is 10.0 Å². The van der Waals surface area contributed by atoms with Gasteiger partial charge in [-0.2, -0.15) is 4.31 Å². The Bertz CT molecular complexity index is 563. The zero-order valence-corrected chi connectivity index (χ0v) is 14.5. The van der Waals surface area contributed by atoms with Crippen LogP contribution < -0.4 is 0 Å². The molecule has 0 unspecified atom stereocenters. The first-order chi connectivity index (χ1) is 9.45. The molecule has 1 heterocycles. The van der Waals surface area contributed by atoms with E-state index >= 15 is 0 Å². The molecule has 1 aliphatic heterocycles. The summed E-state index contributed by atoms with van der Waals surface area (Å²) >= 11 is 3.38. The summed E-state index contributed by atoms with van der Waals surface area (Å²) in [4.78, 5) is 0.386. The van der Waals surface area contributed by atoms with Crippen molar-refractivity contribution < 1.29 is 8.42 Å². The third-order valence-electron chi connectivity index (χ3n) is 3.98. The summed E-state index contributed by atoms with van der Waals surface area (Å²) in [6.07, 6.45) is 4.36. The van der Waals surface area contributed by atoms with Crippen molar-refractivity contribution in [2.75, 3.05) is 13.1 Å². The molecule has 1 aliphatic rings. The van der Waals surface area contributed by atoms with Gasteiger partial charge in [0.1, 0.15) is 0 Å². The Hall–Kier alpha value is -0.390. The summed E-state index contributed by atoms with van der Waals surface area (Å²) < 4.78 is 27.7. The summed E-state index contributed by atoms with van der Waals surface area (Å²) in [5.74, 6) is 0.688. The number of hydrogen-bond donors (Lipinski definition) is 0. The number of aryl methyl sites for hydroxylation is 1. The number of nitrogens with zero attached hydrogens (tertiary/aromatic N) is 1. The molecule has 0 bridgehead atoms. The highest BCUT2D eigenvalue weighted by Crippen LogP contribution is 2.30. The Morgan fingerprint density at radius 3 is 2.50 bits per heavy atom. The molecule has 0 N–H and O–H groups in total. The summed E-state index contributed by atoms with van der Waals surface area (Å²) in [6, 6.07) is 5.41. The third-order valence-corrected chi connectivity index (χ3v) is 6.85. The van der Waals surface area contributed by atoms with Crippen molar-refractivity contribution in [3.63, 3.8) is 0 Å². The normalized spacial score (nSPS) is 18.4. The zero-order chi connectivity index (χ0) is 14.8. The van der Waals surface area contributed by atoms with Gasteiger partial charge in [0.15, 0.2) is 0 Å². The van der Waals surface area contributed by atoms with Crippen molar-refractivity contribution in [2.45, 2.75) is 44.4 Å². The fourth-order valence-electron chi connectivity index (χ4n) is 2.80. The van der Waals surface area contributed by atoms with Crippen LogP contribution in [-0.4, -0.2) is 25.8 Å². The van der Waals surface area contributed by atoms with Crippen molar-refractivity contribution in [2.24, 2.45) is 5.92 Å². The molecule has 0 amide bonds. The first kappa shape index (κ1) is 16.0. The molecule has 112 valence electrons. The standard InChI is InChI=1S/C15H22BrNO2S/c1-3-4-13-7-9-17(10-8-13)20(18,19)15-6-5-12(2)11-14(15)16/h5-6,11,13H,3-4,7-10H2,1-2H3. The lowest BCUT2D eigenvalue weighted by Crippen LogP contribution is -2.38. The van der Waals surface area contributed by atoms with E-state index in [1.54, 1.807) is 10.4 Å². The molecule has 0 spiro atoms. The summed E-state index contributed by atoms with van der Waals surface area (Å²) in [5, 5.41) is 0. The first-order valence-electron chi connectivity index (χ1n) is 7.21. The topological polar surface area (TPSA) is 37.4 Å². The van der Waals surface area contributed by atoms with Gasteiger partial charge < -0.3 is 0 Å². The quantitative estimate of drug-likeness (QED) is 0.815. The van der Waals surface area contributed by atoms with E-state index in [1.165, 1.54) is 12.8 Å². The second-order valence-corrected chi connectivity index (χ2v) is 8.33. The molecule has 1 saturated heterocycles. The predicted octanol–water partition coefficient (Wildman–Crippen LogP) is 3.96. The number of piperidine rings is 1. The largest absolute Gasteiger partial charge is 0.244 e. The van der Waals surface area contributed by atoms with Crippen molar-refractivity contribution in [1.82, 2.24) is 4.31 Å². The highest BCUT2D eigenvalue weighted by atomic mass is 79.9. The molecular weight excluding hydrogens is 338 g/mol. The van der Waals surface area contributed by atoms with Gasteiger partial charge in [0.05, 0.1) is 4.90 Å². The maximum Gasteiger partial charge on any atom is 0.244 e. The van der Waals surface area contributed by atoms with Crippen LogP contribution in [0.1, 0.15) is 38.2 Å². The fraction of sp³-hybridized carbons (Fsp3) is 0.600. The van der Waals surface area contributed by atoms with Gasteiger partial charge in [0, 0.05) is 17.6 Å². The van der Waals surface area contributed by atoms with Crippen molar-refractivity contribution in [1.29, 1.82) is 0 Å². The highest BCUT2D eigenvalue weighted by molar-refractivity contribution is 9.10. The van der Waals surface area contributed by atoms with Crippen molar-refractivity contribution >= 4 is 26.0 Å². The zero-order valence-electron chi connectivity index (χ0n) is 12.1. The first-order valence-corrected chi connectivity index (χ1v) is 9.44. The van der Waals surface area contributed by atoms with Crippen LogP contribution in [0.5, 0.6) is 0 Å². The lowest BCUT2D eigenvalue weighted by molar-refractivity contribution is 0.262. The lowest BCUT2D eigenvalue weighted by atomic mass is 9.94. The molecule has 5 heteroatoms. The van der Waals surface area contributed by atoms with E-state index in [2.05, 4.69) is 22.9 Å². The number of benzene rings is 1. The Kier molecular flexibility index (Phi) is 5.26. The summed E-state index contributed by atoms with van der Waals surface area (Å²) in [6.45, 7) is 5.44. The number of halogens is 1.